The largest absolute Gasteiger partial charge is 0.497 e. The quantitative estimate of drug-likeness (QED) is 0.697. The summed E-state index contributed by atoms with van der Waals surface area (Å²) in [6.07, 6.45) is 0.368. The molecule has 0 spiro atoms. The Morgan fingerprint density at radius 3 is 2.55 bits per heavy atom. The molecular formula is C21H20N4O3S. The minimum Gasteiger partial charge on any atom is -0.497 e. The van der Waals surface area contributed by atoms with Crippen molar-refractivity contribution in [3.05, 3.63) is 64.7 Å². The lowest BCUT2D eigenvalue weighted by atomic mass is 10.1. The maximum absolute atomic E-state index is 12.5. The molecule has 1 aliphatic heterocycles. The van der Waals surface area contributed by atoms with E-state index in [-0.39, 0.29) is 17.7 Å². The van der Waals surface area contributed by atoms with Crippen LogP contribution in [0.3, 0.4) is 0 Å². The molecule has 3 aromatic rings. The van der Waals surface area contributed by atoms with E-state index in [2.05, 4.69) is 15.5 Å². The van der Waals surface area contributed by atoms with Crippen LogP contribution in [0.4, 0.5) is 10.8 Å². The van der Waals surface area contributed by atoms with Gasteiger partial charge in [0.15, 0.2) is 0 Å². The molecule has 1 fully saturated rings. The number of methoxy groups -OCH3 is 1. The van der Waals surface area contributed by atoms with E-state index < -0.39 is 0 Å². The second-order valence-electron chi connectivity index (χ2n) is 6.87. The lowest BCUT2D eigenvalue weighted by Gasteiger charge is -2.16. The molecule has 2 aromatic carbocycles. The zero-order chi connectivity index (χ0) is 20.4. The van der Waals surface area contributed by atoms with E-state index >= 15 is 0 Å². The summed E-state index contributed by atoms with van der Waals surface area (Å²) < 4.78 is 5.17. The van der Waals surface area contributed by atoms with Gasteiger partial charge >= 0.3 is 0 Å². The second kappa shape index (κ2) is 8.00. The third kappa shape index (κ3) is 4.12. The predicted molar refractivity (Wildman–Crippen MR) is 112 cm³/mol. The van der Waals surface area contributed by atoms with E-state index in [9.17, 15) is 9.59 Å². The standard InChI is InChI=1S/C21H20N4O3S/c1-13-3-5-14(6-4-13)19(27)22-21-24-23-20(29-21)15-11-18(26)25(12-15)16-7-9-17(28-2)10-8-16/h3-10,15H,11-12H2,1-2H3,(H,22,24,27)/t15-/m1/s1. The summed E-state index contributed by atoms with van der Waals surface area (Å²) >= 11 is 1.31. The summed E-state index contributed by atoms with van der Waals surface area (Å²) in [5, 5.41) is 12.2. The van der Waals surface area contributed by atoms with Crippen molar-refractivity contribution in [1.82, 2.24) is 10.2 Å². The van der Waals surface area contributed by atoms with Crippen LogP contribution < -0.4 is 15.0 Å². The molecule has 1 atom stereocenters. The molecule has 29 heavy (non-hydrogen) atoms. The molecular weight excluding hydrogens is 388 g/mol. The fraction of sp³-hybridized carbons (Fsp3) is 0.238. The molecule has 2 heterocycles. The third-order valence-electron chi connectivity index (χ3n) is 4.83. The highest BCUT2D eigenvalue weighted by Gasteiger charge is 2.34. The fourth-order valence-corrected chi connectivity index (χ4v) is 4.04. The van der Waals surface area contributed by atoms with Gasteiger partial charge in [-0.1, -0.05) is 29.0 Å². The maximum atomic E-state index is 12.5. The van der Waals surface area contributed by atoms with Gasteiger partial charge in [0.2, 0.25) is 11.0 Å². The number of hydrogen-bond acceptors (Lipinski definition) is 6. The Balaban J connectivity index is 1.43. The average molecular weight is 408 g/mol. The van der Waals surface area contributed by atoms with Gasteiger partial charge in [0.1, 0.15) is 10.8 Å². The average Bonchev–Trinajstić information content (AvgIpc) is 3.35. The Labute approximate surface area is 172 Å². The molecule has 0 saturated carbocycles. The first-order chi connectivity index (χ1) is 14.0. The van der Waals surface area contributed by atoms with Gasteiger partial charge in [-0.3, -0.25) is 14.9 Å². The van der Waals surface area contributed by atoms with Gasteiger partial charge in [-0.05, 0) is 43.3 Å². The van der Waals surface area contributed by atoms with Gasteiger partial charge in [-0.25, -0.2) is 0 Å². The number of amides is 2. The molecule has 1 saturated heterocycles. The van der Waals surface area contributed by atoms with Crippen LogP contribution in [0.15, 0.2) is 48.5 Å². The van der Waals surface area contributed by atoms with Crippen LogP contribution in [0, 0.1) is 6.92 Å². The Hall–Kier alpha value is -3.26. The van der Waals surface area contributed by atoms with Gasteiger partial charge in [0.25, 0.3) is 5.91 Å². The van der Waals surface area contributed by atoms with Gasteiger partial charge in [0, 0.05) is 30.1 Å². The monoisotopic (exact) mass is 408 g/mol. The number of benzene rings is 2. The number of nitrogens with zero attached hydrogens (tertiary/aromatic N) is 3. The number of carbonyl (C=O) groups excluding carboxylic acids is 2. The van der Waals surface area contributed by atoms with Gasteiger partial charge in [-0.2, -0.15) is 0 Å². The topological polar surface area (TPSA) is 84.4 Å². The van der Waals surface area contributed by atoms with Gasteiger partial charge in [-0.15, -0.1) is 10.2 Å². The molecule has 0 radical (unpaired) electrons. The zero-order valence-electron chi connectivity index (χ0n) is 16.1. The molecule has 1 aliphatic rings. The van der Waals surface area contributed by atoms with Crippen LogP contribution in [-0.2, 0) is 4.79 Å². The number of carbonyl (C=O) groups is 2. The summed E-state index contributed by atoms with van der Waals surface area (Å²) in [6, 6.07) is 14.7. The molecule has 148 valence electrons. The first kappa shape index (κ1) is 19.1. The minimum atomic E-state index is -0.227. The van der Waals surface area contributed by atoms with Crippen LogP contribution in [0.5, 0.6) is 5.75 Å². The normalized spacial score (nSPS) is 16.1. The van der Waals surface area contributed by atoms with Crippen LogP contribution in [-0.4, -0.2) is 35.7 Å². The number of hydrogen-bond donors (Lipinski definition) is 1. The predicted octanol–water partition coefficient (Wildman–Crippen LogP) is 3.63. The Morgan fingerprint density at radius 1 is 1.14 bits per heavy atom. The van der Waals surface area contributed by atoms with E-state index in [4.69, 9.17) is 4.74 Å². The Morgan fingerprint density at radius 2 is 1.86 bits per heavy atom. The molecule has 0 unspecified atom stereocenters. The Bertz CT molecular complexity index is 1030. The summed E-state index contributed by atoms with van der Waals surface area (Å²) in [5.74, 6) is 0.512. The molecule has 4 rings (SSSR count). The van der Waals surface area contributed by atoms with E-state index in [1.807, 2.05) is 43.3 Å². The molecule has 7 nitrogen and oxygen atoms in total. The SMILES string of the molecule is COc1ccc(N2C[C@H](c3nnc(NC(=O)c4ccc(C)cc4)s3)CC2=O)cc1. The number of aromatic nitrogens is 2. The summed E-state index contributed by atoms with van der Waals surface area (Å²) in [7, 11) is 1.61. The van der Waals surface area contributed by atoms with Crippen LogP contribution in [0.1, 0.15) is 33.3 Å². The smallest absolute Gasteiger partial charge is 0.257 e. The highest BCUT2D eigenvalue weighted by Crippen LogP contribution is 2.34. The maximum Gasteiger partial charge on any atom is 0.257 e. The van der Waals surface area contributed by atoms with Crippen molar-refractivity contribution in [3.63, 3.8) is 0 Å². The van der Waals surface area contributed by atoms with E-state index in [1.54, 1.807) is 24.1 Å². The van der Waals surface area contributed by atoms with Crippen molar-refractivity contribution in [1.29, 1.82) is 0 Å². The van der Waals surface area contributed by atoms with Crippen molar-refractivity contribution in [2.75, 3.05) is 23.9 Å². The minimum absolute atomic E-state index is 0.0422. The van der Waals surface area contributed by atoms with E-state index in [1.165, 1.54) is 11.3 Å². The summed E-state index contributed by atoms with van der Waals surface area (Å²) in [6.45, 7) is 2.50. The third-order valence-corrected chi connectivity index (χ3v) is 5.83. The molecule has 1 N–H and O–H groups in total. The van der Waals surface area contributed by atoms with Crippen LogP contribution >= 0.6 is 11.3 Å². The number of anilines is 2. The number of aryl methyl sites for hydroxylation is 1. The van der Waals surface area contributed by atoms with Crippen LogP contribution in [0.2, 0.25) is 0 Å². The zero-order valence-corrected chi connectivity index (χ0v) is 16.9. The van der Waals surface area contributed by atoms with Crippen molar-refractivity contribution in [2.24, 2.45) is 0 Å². The highest BCUT2D eigenvalue weighted by atomic mass is 32.1. The van der Waals surface area contributed by atoms with Crippen molar-refractivity contribution in [2.45, 2.75) is 19.3 Å². The van der Waals surface area contributed by atoms with Crippen LogP contribution in [0.25, 0.3) is 0 Å². The molecule has 0 bridgehead atoms. The summed E-state index contributed by atoms with van der Waals surface area (Å²) in [4.78, 5) is 26.6. The number of nitrogens with one attached hydrogen (secondary N) is 1. The first-order valence-electron chi connectivity index (χ1n) is 9.19. The van der Waals surface area contributed by atoms with Gasteiger partial charge in [0.05, 0.1) is 7.11 Å². The van der Waals surface area contributed by atoms with Crippen molar-refractivity contribution in [3.8, 4) is 5.75 Å². The lowest BCUT2D eigenvalue weighted by Crippen LogP contribution is -2.24. The van der Waals surface area contributed by atoms with Gasteiger partial charge < -0.3 is 9.64 Å². The summed E-state index contributed by atoms with van der Waals surface area (Å²) in [5.41, 5.74) is 2.48. The first-order valence-corrected chi connectivity index (χ1v) is 10.0. The van der Waals surface area contributed by atoms with Crippen molar-refractivity contribution < 1.29 is 14.3 Å². The van der Waals surface area contributed by atoms with E-state index in [0.717, 1.165) is 22.0 Å². The lowest BCUT2D eigenvalue weighted by molar-refractivity contribution is -0.117. The molecule has 1 aromatic heterocycles. The molecule has 2 amide bonds. The number of ether oxygens (including phenoxy) is 1. The fourth-order valence-electron chi connectivity index (χ4n) is 3.21. The Kier molecular flexibility index (Phi) is 5.26. The highest BCUT2D eigenvalue weighted by molar-refractivity contribution is 7.15. The van der Waals surface area contributed by atoms with Crippen molar-refractivity contribution >= 4 is 34.0 Å². The van der Waals surface area contributed by atoms with E-state index in [0.29, 0.717) is 23.7 Å². The molecule has 0 aliphatic carbocycles. The molecule has 8 heteroatoms. The second-order valence-corrected chi connectivity index (χ2v) is 7.88. The number of rotatable bonds is 5.